The summed E-state index contributed by atoms with van der Waals surface area (Å²) in [6.07, 6.45) is 0. The molecule has 0 saturated carbocycles. The van der Waals surface area contributed by atoms with E-state index in [4.69, 9.17) is 11.6 Å². The molecule has 0 aromatic heterocycles. The predicted molar refractivity (Wildman–Crippen MR) is 84.5 cm³/mol. The third-order valence-corrected chi connectivity index (χ3v) is 7.20. The fraction of sp³-hybridized carbons (Fsp3) is 0.500. The predicted octanol–water partition coefficient (Wildman–Crippen LogP) is 3.23. The van der Waals surface area contributed by atoms with Gasteiger partial charge in [-0.2, -0.15) is 16.1 Å². The van der Waals surface area contributed by atoms with E-state index in [-0.39, 0.29) is 0 Å². The van der Waals surface area contributed by atoms with E-state index in [1.807, 2.05) is 13.0 Å². The molecule has 7 heteroatoms. The highest BCUT2D eigenvalue weighted by Crippen LogP contribution is 2.29. The van der Waals surface area contributed by atoms with E-state index in [1.165, 1.54) is 0 Å². The van der Waals surface area contributed by atoms with Gasteiger partial charge in [-0.05, 0) is 30.2 Å². The number of nitrogens with zero attached hydrogens (tertiary/aromatic N) is 1. The van der Waals surface area contributed by atoms with Gasteiger partial charge >= 0.3 is 0 Å². The molecule has 3 nitrogen and oxygen atoms in total. The molecule has 1 saturated heterocycles. The molecular weight excluding hydrogens is 370 g/mol. The van der Waals surface area contributed by atoms with Crippen LogP contribution < -0.4 is 0 Å². The Hall–Kier alpha value is 0.250. The molecule has 19 heavy (non-hydrogen) atoms. The maximum atomic E-state index is 12.7. The zero-order valence-corrected chi connectivity index (χ0v) is 14.5. The second-order valence-electron chi connectivity index (χ2n) is 4.35. The third kappa shape index (κ3) is 3.29. The molecule has 0 atom stereocenters. The van der Waals surface area contributed by atoms with Crippen molar-refractivity contribution in [1.29, 1.82) is 0 Å². The molecule has 1 aliphatic rings. The summed E-state index contributed by atoms with van der Waals surface area (Å²) in [4.78, 5) is 0.365. The van der Waals surface area contributed by atoms with Crippen molar-refractivity contribution in [1.82, 2.24) is 4.31 Å². The minimum atomic E-state index is -3.42. The molecule has 106 valence electrons. The van der Waals surface area contributed by atoms with Gasteiger partial charge in [0, 0.05) is 34.9 Å². The summed E-state index contributed by atoms with van der Waals surface area (Å²) in [7, 11) is -3.42. The fourth-order valence-electron chi connectivity index (χ4n) is 1.98. The number of thioether (sulfide) groups is 1. The van der Waals surface area contributed by atoms with Gasteiger partial charge in [0.15, 0.2) is 0 Å². The molecule has 1 heterocycles. The Labute approximate surface area is 131 Å². The third-order valence-electron chi connectivity index (χ3n) is 3.10. The Balaban J connectivity index is 2.47. The van der Waals surface area contributed by atoms with E-state index >= 15 is 0 Å². The SMILES string of the molecule is Cc1c(Br)cc(CCl)cc1S(=O)(=O)N1CCSCC1. The van der Waals surface area contributed by atoms with Crippen LogP contribution in [0, 0.1) is 6.92 Å². The Kier molecular flexibility index (Phi) is 5.22. The molecule has 0 bridgehead atoms. The van der Waals surface area contributed by atoms with Crippen molar-refractivity contribution >= 4 is 49.3 Å². The quantitative estimate of drug-likeness (QED) is 0.751. The zero-order valence-electron chi connectivity index (χ0n) is 10.5. The lowest BCUT2D eigenvalue weighted by Gasteiger charge is -2.26. The average Bonchev–Trinajstić information content (AvgIpc) is 2.42. The van der Waals surface area contributed by atoms with E-state index in [1.54, 1.807) is 22.1 Å². The van der Waals surface area contributed by atoms with Gasteiger partial charge in [-0.25, -0.2) is 8.42 Å². The summed E-state index contributed by atoms with van der Waals surface area (Å²) in [6.45, 7) is 2.97. The molecule has 0 amide bonds. The molecule has 2 rings (SSSR count). The topological polar surface area (TPSA) is 37.4 Å². The van der Waals surface area contributed by atoms with Crippen molar-refractivity contribution in [3.05, 3.63) is 27.7 Å². The number of benzene rings is 1. The number of rotatable bonds is 3. The molecule has 0 aliphatic carbocycles. The van der Waals surface area contributed by atoms with Crippen LogP contribution in [0.15, 0.2) is 21.5 Å². The summed E-state index contributed by atoms with van der Waals surface area (Å²) >= 11 is 11.0. The molecular formula is C12H15BrClNO2S2. The van der Waals surface area contributed by atoms with Crippen molar-refractivity contribution in [3.63, 3.8) is 0 Å². The molecule has 1 aliphatic heterocycles. The monoisotopic (exact) mass is 383 g/mol. The molecule has 1 fully saturated rings. The average molecular weight is 385 g/mol. The molecule has 0 N–H and O–H groups in total. The zero-order chi connectivity index (χ0) is 14.0. The smallest absolute Gasteiger partial charge is 0.207 e. The Morgan fingerprint density at radius 2 is 2.00 bits per heavy atom. The van der Waals surface area contributed by atoms with Crippen molar-refractivity contribution in [2.45, 2.75) is 17.7 Å². The lowest BCUT2D eigenvalue weighted by atomic mass is 10.2. The van der Waals surface area contributed by atoms with E-state index in [0.717, 1.165) is 27.1 Å². The molecule has 0 spiro atoms. The van der Waals surface area contributed by atoms with Crippen LogP contribution in [-0.2, 0) is 15.9 Å². The normalized spacial score (nSPS) is 17.6. The number of hydrogen-bond donors (Lipinski definition) is 0. The molecule has 1 aromatic rings. The maximum absolute atomic E-state index is 12.7. The summed E-state index contributed by atoms with van der Waals surface area (Å²) in [5.41, 5.74) is 1.55. The standard InChI is InChI=1S/C12H15BrClNO2S2/c1-9-11(13)6-10(8-14)7-12(9)19(16,17)15-2-4-18-5-3-15/h6-7H,2-5,8H2,1H3. The number of halogens is 2. The van der Waals surface area contributed by atoms with Crippen LogP contribution in [0.25, 0.3) is 0 Å². The number of sulfonamides is 1. The van der Waals surface area contributed by atoms with Crippen LogP contribution in [0.4, 0.5) is 0 Å². The van der Waals surface area contributed by atoms with Gasteiger partial charge < -0.3 is 0 Å². The lowest BCUT2D eigenvalue weighted by Crippen LogP contribution is -2.38. The van der Waals surface area contributed by atoms with E-state index < -0.39 is 10.0 Å². The Morgan fingerprint density at radius 1 is 1.37 bits per heavy atom. The van der Waals surface area contributed by atoms with Gasteiger partial charge in [0.2, 0.25) is 10.0 Å². The number of hydrogen-bond acceptors (Lipinski definition) is 3. The fourth-order valence-corrected chi connectivity index (χ4v) is 5.64. The largest absolute Gasteiger partial charge is 0.243 e. The summed E-state index contributed by atoms with van der Waals surface area (Å²) in [6, 6.07) is 3.55. The van der Waals surface area contributed by atoms with Crippen molar-refractivity contribution in [2.24, 2.45) is 0 Å². The second kappa shape index (κ2) is 6.35. The first-order valence-corrected chi connectivity index (χ1v) is 9.82. The lowest BCUT2D eigenvalue weighted by molar-refractivity contribution is 0.443. The highest BCUT2D eigenvalue weighted by Gasteiger charge is 2.28. The molecule has 0 unspecified atom stereocenters. The van der Waals surface area contributed by atoms with Crippen LogP contribution >= 0.6 is 39.3 Å². The van der Waals surface area contributed by atoms with Crippen LogP contribution in [0.1, 0.15) is 11.1 Å². The van der Waals surface area contributed by atoms with Crippen LogP contribution in [-0.4, -0.2) is 37.3 Å². The van der Waals surface area contributed by atoms with E-state index in [9.17, 15) is 8.42 Å². The first kappa shape index (κ1) is 15.6. The van der Waals surface area contributed by atoms with Crippen LogP contribution in [0.2, 0.25) is 0 Å². The number of alkyl halides is 1. The van der Waals surface area contributed by atoms with Crippen molar-refractivity contribution in [3.8, 4) is 0 Å². The van der Waals surface area contributed by atoms with E-state index in [2.05, 4.69) is 15.9 Å². The van der Waals surface area contributed by atoms with Crippen molar-refractivity contribution in [2.75, 3.05) is 24.6 Å². The van der Waals surface area contributed by atoms with Crippen LogP contribution in [0.5, 0.6) is 0 Å². The first-order valence-electron chi connectivity index (χ1n) is 5.89. The summed E-state index contributed by atoms with van der Waals surface area (Å²) in [5, 5.41) is 0. The van der Waals surface area contributed by atoms with Gasteiger partial charge in [0.25, 0.3) is 0 Å². The Bertz CT molecular complexity index is 571. The minimum Gasteiger partial charge on any atom is -0.207 e. The van der Waals surface area contributed by atoms with Crippen LogP contribution in [0.3, 0.4) is 0 Å². The molecule has 0 radical (unpaired) electrons. The summed E-state index contributed by atoms with van der Waals surface area (Å²) < 4.78 is 27.7. The van der Waals surface area contributed by atoms with Crippen molar-refractivity contribution < 1.29 is 8.42 Å². The summed E-state index contributed by atoms with van der Waals surface area (Å²) in [5.74, 6) is 2.01. The minimum absolute atomic E-state index is 0.303. The van der Waals surface area contributed by atoms with Gasteiger partial charge in [-0.3, -0.25) is 0 Å². The highest BCUT2D eigenvalue weighted by molar-refractivity contribution is 9.10. The second-order valence-corrected chi connectivity index (χ2v) is 8.60. The van der Waals surface area contributed by atoms with Gasteiger partial charge in [-0.1, -0.05) is 15.9 Å². The molecule has 1 aromatic carbocycles. The van der Waals surface area contributed by atoms with E-state index in [0.29, 0.717) is 23.9 Å². The van der Waals surface area contributed by atoms with Gasteiger partial charge in [0.05, 0.1) is 4.90 Å². The highest BCUT2D eigenvalue weighted by atomic mass is 79.9. The van der Waals surface area contributed by atoms with Gasteiger partial charge in [-0.15, -0.1) is 11.6 Å². The van der Waals surface area contributed by atoms with Gasteiger partial charge in [0.1, 0.15) is 0 Å². The maximum Gasteiger partial charge on any atom is 0.243 e. The first-order chi connectivity index (χ1) is 8.96. The Morgan fingerprint density at radius 3 is 2.58 bits per heavy atom.